The molecule has 2 aromatic heterocycles. The zero-order chi connectivity index (χ0) is 16.1. The van der Waals surface area contributed by atoms with Crippen LogP contribution in [0.15, 0.2) is 35.6 Å². The number of aromatic nitrogens is 2. The molecule has 0 saturated heterocycles. The van der Waals surface area contributed by atoms with Gasteiger partial charge in [0.2, 0.25) is 0 Å². The van der Waals surface area contributed by atoms with E-state index >= 15 is 0 Å². The van der Waals surface area contributed by atoms with Gasteiger partial charge in [-0.2, -0.15) is 0 Å². The number of hydrogen-bond acceptors (Lipinski definition) is 2. The van der Waals surface area contributed by atoms with Crippen molar-refractivity contribution in [3.05, 3.63) is 36.3 Å². The van der Waals surface area contributed by atoms with Gasteiger partial charge < -0.3 is 15.0 Å². The minimum absolute atomic E-state index is 0.563. The van der Waals surface area contributed by atoms with Gasteiger partial charge in [-0.15, -0.1) is 0 Å². The summed E-state index contributed by atoms with van der Waals surface area (Å²) in [5, 5.41) is 6.96. The molecule has 2 aromatic rings. The Kier molecular flexibility index (Phi) is 5.16. The van der Waals surface area contributed by atoms with Crippen molar-refractivity contribution >= 4 is 11.6 Å². The fourth-order valence-corrected chi connectivity index (χ4v) is 3.21. The van der Waals surface area contributed by atoms with Crippen molar-refractivity contribution in [2.45, 2.75) is 45.1 Å². The van der Waals surface area contributed by atoms with E-state index in [0.29, 0.717) is 6.04 Å². The first-order valence-corrected chi connectivity index (χ1v) is 8.64. The Morgan fingerprint density at radius 2 is 2.13 bits per heavy atom. The van der Waals surface area contributed by atoms with Gasteiger partial charge in [-0.05, 0) is 43.7 Å². The van der Waals surface area contributed by atoms with E-state index in [4.69, 9.17) is 0 Å². The normalized spacial score (nSPS) is 22.3. The fraction of sp³-hybridized carbons (Fsp3) is 0.556. The predicted octanol–water partition coefficient (Wildman–Crippen LogP) is 2.62. The van der Waals surface area contributed by atoms with E-state index in [1.165, 1.54) is 25.7 Å². The third-order valence-corrected chi connectivity index (χ3v) is 4.67. The summed E-state index contributed by atoms with van der Waals surface area (Å²) < 4.78 is 2.06. The van der Waals surface area contributed by atoms with Crippen LogP contribution in [0.2, 0.25) is 0 Å². The molecule has 2 heterocycles. The zero-order valence-electron chi connectivity index (χ0n) is 14.1. The molecular weight excluding hydrogens is 286 g/mol. The van der Waals surface area contributed by atoms with Crippen molar-refractivity contribution in [2.24, 2.45) is 10.9 Å². The van der Waals surface area contributed by atoms with Crippen molar-refractivity contribution in [3.8, 4) is 0 Å². The van der Waals surface area contributed by atoms with E-state index < -0.39 is 0 Å². The molecule has 1 aliphatic carbocycles. The quantitative estimate of drug-likeness (QED) is 0.674. The average molecular weight is 313 g/mol. The molecule has 1 saturated carbocycles. The van der Waals surface area contributed by atoms with E-state index in [1.54, 1.807) is 0 Å². The maximum atomic E-state index is 4.62. The molecule has 5 heteroatoms. The van der Waals surface area contributed by atoms with E-state index in [2.05, 4.69) is 38.1 Å². The van der Waals surface area contributed by atoms with Crippen molar-refractivity contribution in [1.82, 2.24) is 20.0 Å². The highest BCUT2D eigenvalue weighted by Gasteiger charge is 2.18. The van der Waals surface area contributed by atoms with Gasteiger partial charge in [0, 0.05) is 38.4 Å². The molecule has 0 spiro atoms. The number of guanidine groups is 1. The number of pyridine rings is 1. The molecule has 1 aliphatic rings. The van der Waals surface area contributed by atoms with Crippen molar-refractivity contribution in [1.29, 1.82) is 0 Å². The summed E-state index contributed by atoms with van der Waals surface area (Å²) in [7, 11) is 1.84. The van der Waals surface area contributed by atoms with E-state index in [1.807, 2.05) is 31.4 Å². The van der Waals surface area contributed by atoms with Gasteiger partial charge in [0.1, 0.15) is 5.65 Å². The summed E-state index contributed by atoms with van der Waals surface area (Å²) >= 11 is 0. The number of hydrogen-bond donors (Lipinski definition) is 2. The first kappa shape index (κ1) is 15.8. The summed E-state index contributed by atoms with van der Waals surface area (Å²) in [6, 6.07) is 6.63. The van der Waals surface area contributed by atoms with Crippen LogP contribution in [0.5, 0.6) is 0 Å². The smallest absolute Gasteiger partial charge is 0.191 e. The minimum Gasteiger partial charge on any atom is -0.356 e. The minimum atomic E-state index is 0.563. The molecule has 2 N–H and O–H groups in total. The Balaban J connectivity index is 1.46. The second-order valence-electron chi connectivity index (χ2n) is 6.55. The Bertz CT molecular complexity index is 619. The summed E-state index contributed by atoms with van der Waals surface area (Å²) in [5.41, 5.74) is 2.10. The lowest BCUT2D eigenvalue weighted by molar-refractivity contribution is 0.329. The number of fused-ring (bicyclic) bond motifs is 1. The molecule has 0 aliphatic heterocycles. The number of aliphatic imine (C=N–C) groups is 1. The van der Waals surface area contributed by atoms with Crippen LogP contribution in [0.1, 0.15) is 38.3 Å². The summed E-state index contributed by atoms with van der Waals surface area (Å²) in [6.07, 6.45) is 10.1. The second-order valence-corrected chi connectivity index (χ2v) is 6.55. The Labute approximate surface area is 138 Å². The van der Waals surface area contributed by atoms with Gasteiger partial charge in [0.25, 0.3) is 0 Å². The predicted molar refractivity (Wildman–Crippen MR) is 94.8 cm³/mol. The summed E-state index contributed by atoms with van der Waals surface area (Å²) in [6.45, 7) is 3.19. The second kappa shape index (κ2) is 7.49. The van der Waals surface area contributed by atoms with Crippen molar-refractivity contribution in [2.75, 3.05) is 13.6 Å². The SMILES string of the molecule is CN=C(NCCc1cn2ccccc2n1)NC1CCC(C)CC1. The largest absolute Gasteiger partial charge is 0.356 e. The third-order valence-electron chi connectivity index (χ3n) is 4.67. The van der Waals surface area contributed by atoms with Crippen LogP contribution in [0.4, 0.5) is 0 Å². The maximum absolute atomic E-state index is 4.62. The zero-order valence-corrected chi connectivity index (χ0v) is 14.1. The standard InChI is InChI=1S/C18H27N5/c1-14-6-8-15(9-7-14)22-18(19-2)20-11-10-16-13-23-12-4-3-5-17(23)21-16/h3-5,12-15H,6-11H2,1-2H3,(H2,19,20,22). The lowest BCUT2D eigenvalue weighted by Gasteiger charge is -2.28. The molecule has 23 heavy (non-hydrogen) atoms. The van der Waals surface area contributed by atoms with Crippen LogP contribution < -0.4 is 10.6 Å². The molecule has 1 fully saturated rings. The lowest BCUT2D eigenvalue weighted by atomic mass is 9.87. The average Bonchev–Trinajstić information content (AvgIpc) is 2.98. The van der Waals surface area contributed by atoms with Crippen LogP contribution in [0, 0.1) is 5.92 Å². The molecular formula is C18H27N5. The lowest BCUT2D eigenvalue weighted by Crippen LogP contribution is -2.45. The van der Waals surface area contributed by atoms with Crippen LogP contribution in [-0.2, 0) is 6.42 Å². The topological polar surface area (TPSA) is 53.7 Å². The highest BCUT2D eigenvalue weighted by Crippen LogP contribution is 2.23. The van der Waals surface area contributed by atoms with Crippen LogP contribution >= 0.6 is 0 Å². The van der Waals surface area contributed by atoms with E-state index in [-0.39, 0.29) is 0 Å². The molecule has 0 radical (unpaired) electrons. The van der Waals surface area contributed by atoms with Crippen molar-refractivity contribution < 1.29 is 0 Å². The van der Waals surface area contributed by atoms with Crippen LogP contribution in [-0.4, -0.2) is 35.0 Å². The number of imidazole rings is 1. The van der Waals surface area contributed by atoms with E-state index in [9.17, 15) is 0 Å². The fourth-order valence-electron chi connectivity index (χ4n) is 3.21. The molecule has 0 unspecified atom stereocenters. The first-order chi connectivity index (χ1) is 11.2. The molecule has 3 rings (SSSR count). The van der Waals surface area contributed by atoms with Gasteiger partial charge in [-0.25, -0.2) is 4.98 Å². The van der Waals surface area contributed by atoms with Gasteiger partial charge in [-0.3, -0.25) is 4.99 Å². The van der Waals surface area contributed by atoms with Crippen molar-refractivity contribution in [3.63, 3.8) is 0 Å². The molecule has 0 amide bonds. The molecule has 0 aromatic carbocycles. The molecule has 124 valence electrons. The highest BCUT2D eigenvalue weighted by atomic mass is 15.2. The molecule has 5 nitrogen and oxygen atoms in total. The summed E-state index contributed by atoms with van der Waals surface area (Å²) in [4.78, 5) is 8.97. The monoisotopic (exact) mass is 313 g/mol. The Hall–Kier alpha value is -2.04. The van der Waals surface area contributed by atoms with Crippen LogP contribution in [0.3, 0.4) is 0 Å². The Morgan fingerprint density at radius 1 is 1.30 bits per heavy atom. The number of nitrogens with zero attached hydrogens (tertiary/aromatic N) is 3. The number of rotatable bonds is 4. The van der Waals surface area contributed by atoms with Gasteiger partial charge in [0.15, 0.2) is 5.96 Å². The summed E-state index contributed by atoms with van der Waals surface area (Å²) in [5.74, 6) is 1.78. The third kappa shape index (κ3) is 4.24. The Morgan fingerprint density at radius 3 is 2.87 bits per heavy atom. The van der Waals surface area contributed by atoms with E-state index in [0.717, 1.165) is 36.2 Å². The maximum Gasteiger partial charge on any atom is 0.191 e. The number of nitrogens with one attached hydrogen (secondary N) is 2. The first-order valence-electron chi connectivity index (χ1n) is 8.64. The van der Waals surface area contributed by atoms with Gasteiger partial charge >= 0.3 is 0 Å². The molecule has 0 atom stereocenters. The van der Waals surface area contributed by atoms with Gasteiger partial charge in [-0.1, -0.05) is 13.0 Å². The molecule has 0 bridgehead atoms. The van der Waals surface area contributed by atoms with Crippen LogP contribution in [0.25, 0.3) is 5.65 Å². The van der Waals surface area contributed by atoms with Gasteiger partial charge in [0.05, 0.1) is 5.69 Å². The highest BCUT2D eigenvalue weighted by molar-refractivity contribution is 5.79.